The van der Waals surface area contributed by atoms with Gasteiger partial charge in [-0.25, -0.2) is 0 Å². The van der Waals surface area contributed by atoms with Crippen molar-refractivity contribution < 1.29 is 0 Å². The minimum Gasteiger partial charge on any atom is -0.0836 e. The van der Waals surface area contributed by atoms with Gasteiger partial charge in [-0.2, -0.15) is 0 Å². The van der Waals surface area contributed by atoms with Crippen molar-refractivity contribution in [2.75, 3.05) is 0 Å². The Hall–Kier alpha value is -6.76. The van der Waals surface area contributed by atoms with Gasteiger partial charge in [-0.1, -0.05) is 170 Å². The monoisotopic (exact) mass is 844 g/mol. The molecule has 0 aliphatic heterocycles. The summed E-state index contributed by atoms with van der Waals surface area (Å²) in [6, 6.07) is 35.4. The van der Waals surface area contributed by atoms with Gasteiger partial charge in [0.2, 0.25) is 0 Å². The van der Waals surface area contributed by atoms with Crippen LogP contribution in [-0.2, 0) is 0 Å². The Morgan fingerprint density at radius 2 is 1.44 bits per heavy atom. The van der Waals surface area contributed by atoms with Gasteiger partial charge in [0, 0.05) is 17.8 Å². The quantitative estimate of drug-likeness (QED) is 0.169. The molecule has 0 bridgehead atoms. The van der Waals surface area contributed by atoms with E-state index in [9.17, 15) is 0 Å². The fourth-order valence-corrected chi connectivity index (χ4v) is 14.9. The highest BCUT2D eigenvalue weighted by molar-refractivity contribution is 6.22. The SMILES string of the molecule is CC1=CC=CC(C)C1C1C=CC2=c3cccc4c3=C(CC2C1)c1cc2c(-c3ccccc3)c3c(c(-c5ccccc5)c2cc1-4)C1=CC2=CC(C4C=CC=CC4)=CC4C=CC5=C(C1=C3CC5)C24. The van der Waals surface area contributed by atoms with E-state index in [1.54, 1.807) is 33.4 Å². The summed E-state index contributed by atoms with van der Waals surface area (Å²) in [5, 5.41) is 5.72. The lowest BCUT2D eigenvalue weighted by Gasteiger charge is -2.41. The van der Waals surface area contributed by atoms with Crippen LogP contribution in [0.2, 0.25) is 0 Å². The Morgan fingerprint density at radius 3 is 2.23 bits per heavy atom. The van der Waals surface area contributed by atoms with Crippen LogP contribution in [0, 0.1) is 41.4 Å². The lowest BCUT2D eigenvalue weighted by Crippen LogP contribution is -2.37. The van der Waals surface area contributed by atoms with Crippen molar-refractivity contribution in [3.63, 3.8) is 0 Å². The molecule has 316 valence electrons. The van der Waals surface area contributed by atoms with E-state index in [1.165, 1.54) is 100.0 Å². The third kappa shape index (κ3) is 5.11. The molecule has 5 aromatic carbocycles. The van der Waals surface area contributed by atoms with E-state index in [0.29, 0.717) is 41.4 Å². The van der Waals surface area contributed by atoms with Crippen LogP contribution >= 0.6 is 0 Å². The lowest BCUT2D eigenvalue weighted by molar-refractivity contribution is 0.322. The molecule has 10 aliphatic carbocycles. The Labute approximate surface area is 388 Å². The average Bonchev–Trinajstić information content (AvgIpc) is 3.85. The summed E-state index contributed by atoms with van der Waals surface area (Å²) in [7, 11) is 0. The molecule has 15 rings (SSSR count). The standard InChI is InChI=1S/C66H52/c1-37-14-12-15-38(2)58(37)43-27-28-48-46(31-43)33-54-53-36-56-55(35-52(53)50-23-13-22-49(48)63(50)54)61(41-20-10-5-11-21-41)66-57-34-47-32-45(39-16-6-3-7-17-39)30-44-25-24-42-26-29-51(64(57)62(42)59(44)47)65(66)60(56)40-18-8-4-9-19-40/h3-16,18-25,27-28,30,32,34-37,39,43-44,46,58-59H,17,26,29,31,33H2,1-2H3. The number of fused-ring (bicyclic) bond motifs is 8. The van der Waals surface area contributed by atoms with Crippen molar-refractivity contribution in [3.05, 3.63) is 237 Å². The molecule has 0 saturated heterocycles. The summed E-state index contributed by atoms with van der Waals surface area (Å²) >= 11 is 0. The first-order chi connectivity index (χ1) is 32.6. The molecule has 0 nitrogen and oxygen atoms in total. The van der Waals surface area contributed by atoms with Crippen molar-refractivity contribution >= 4 is 33.1 Å². The summed E-state index contributed by atoms with van der Waals surface area (Å²) in [4.78, 5) is 0. The molecule has 0 N–H and O–H groups in total. The van der Waals surface area contributed by atoms with Crippen LogP contribution in [0.5, 0.6) is 0 Å². The molecule has 66 heavy (non-hydrogen) atoms. The Bertz CT molecular complexity index is 3570. The second-order valence-electron chi connectivity index (χ2n) is 20.9. The van der Waals surface area contributed by atoms with E-state index < -0.39 is 0 Å². The number of hydrogen-bond donors (Lipinski definition) is 0. The number of hydrogen-bond acceptors (Lipinski definition) is 0. The van der Waals surface area contributed by atoms with E-state index in [-0.39, 0.29) is 0 Å². The average molecular weight is 845 g/mol. The summed E-state index contributed by atoms with van der Waals surface area (Å²) in [5.74, 6) is 3.37. The van der Waals surface area contributed by atoms with Crippen LogP contribution in [0.1, 0.15) is 62.6 Å². The maximum Gasteiger partial charge on any atom is 0.0196 e. The van der Waals surface area contributed by atoms with Gasteiger partial charge in [-0.05, 0) is 202 Å². The van der Waals surface area contributed by atoms with Gasteiger partial charge in [-0.15, -0.1) is 0 Å². The van der Waals surface area contributed by atoms with Crippen LogP contribution < -0.4 is 10.4 Å². The fourth-order valence-electron chi connectivity index (χ4n) is 14.9. The Balaban J connectivity index is 0.997. The lowest BCUT2D eigenvalue weighted by atomic mass is 9.62. The molecule has 0 saturated carbocycles. The highest BCUT2D eigenvalue weighted by atomic mass is 14.5. The largest absolute Gasteiger partial charge is 0.0836 e. The van der Waals surface area contributed by atoms with Crippen molar-refractivity contribution in [1.82, 2.24) is 0 Å². The molecule has 0 fully saturated rings. The first-order valence-electron chi connectivity index (χ1n) is 24.9. The van der Waals surface area contributed by atoms with Crippen LogP contribution in [0.15, 0.2) is 209 Å². The third-order valence-corrected chi connectivity index (χ3v) is 17.6. The number of rotatable bonds is 4. The van der Waals surface area contributed by atoms with Crippen molar-refractivity contribution in [3.8, 4) is 33.4 Å². The zero-order valence-corrected chi connectivity index (χ0v) is 37.8. The first-order valence-corrected chi connectivity index (χ1v) is 24.9. The Morgan fingerprint density at radius 1 is 0.636 bits per heavy atom. The number of benzene rings is 5. The van der Waals surface area contributed by atoms with E-state index >= 15 is 0 Å². The summed E-state index contributed by atoms with van der Waals surface area (Å²) in [6.45, 7) is 4.78. The molecule has 0 aromatic heterocycles. The molecule has 10 aliphatic rings. The minimum atomic E-state index is 0.376. The van der Waals surface area contributed by atoms with E-state index in [4.69, 9.17) is 0 Å². The summed E-state index contributed by atoms with van der Waals surface area (Å²) in [5.41, 5.74) is 28.0. The molecular weight excluding hydrogens is 793 g/mol. The molecule has 0 heterocycles. The summed E-state index contributed by atoms with van der Waals surface area (Å²) < 4.78 is 0. The van der Waals surface area contributed by atoms with Gasteiger partial charge in [0.05, 0.1) is 0 Å². The zero-order valence-electron chi connectivity index (χ0n) is 37.8. The maximum absolute atomic E-state index is 2.68. The van der Waals surface area contributed by atoms with Gasteiger partial charge in [0.15, 0.2) is 0 Å². The second-order valence-corrected chi connectivity index (χ2v) is 20.9. The van der Waals surface area contributed by atoms with Crippen LogP contribution in [-0.4, -0.2) is 0 Å². The van der Waals surface area contributed by atoms with E-state index in [0.717, 1.165) is 25.7 Å². The van der Waals surface area contributed by atoms with E-state index in [2.05, 4.69) is 190 Å². The van der Waals surface area contributed by atoms with Crippen LogP contribution in [0.25, 0.3) is 66.4 Å². The Kier molecular flexibility index (Phi) is 7.88. The second kappa shape index (κ2) is 13.9. The number of allylic oxidation sites excluding steroid dienone is 22. The van der Waals surface area contributed by atoms with E-state index in [1.807, 2.05) is 0 Å². The molecule has 7 unspecified atom stereocenters. The molecule has 0 heteroatoms. The van der Waals surface area contributed by atoms with Crippen molar-refractivity contribution in [1.29, 1.82) is 0 Å². The fraction of sp³-hybridized carbons (Fsp3) is 0.212. The van der Waals surface area contributed by atoms with Gasteiger partial charge < -0.3 is 0 Å². The molecule has 0 radical (unpaired) electrons. The minimum absolute atomic E-state index is 0.376. The van der Waals surface area contributed by atoms with Crippen molar-refractivity contribution in [2.24, 2.45) is 41.4 Å². The smallest absolute Gasteiger partial charge is 0.0196 e. The molecule has 7 atom stereocenters. The van der Waals surface area contributed by atoms with Crippen molar-refractivity contribution in [2.45, 2.75) is 46.0 Å². The predicted molar refractivity (Wildman–Crippen MR) is 276 cm³/mol. The molecule has 0 amide bonds. The highest BCUT2D eigenvalue weighted by Gasteiger charge is 2.46. The third-order valence-electron chi connectivity index (χ3n) is 17.6. The topological polar surface area (TPSA) is 0 Å². The molecule has 5 aromatic rings. The molecule has 0 spiro atoms. The highest BCUT2D eigenvalue weighted by Crippen LogP contribution is 2.64. The molecular formula is C66H52. The van der Waals surface area contributed by atoms with Gasteiger partial charge >= 0.3 is 0 Å². The van der Waals surface area contributed by atoms with Gasteiger partial charge in [0.1, 0.15) is 0 Å². The van der Waals surface area contributed by atoms with Gasteiger partial charge in [0.25, 0.3) is 0 Å². The van der Waals surface area contributed by atoms with Gasteiger partial charge in [-0.3, -0.25) is 0 Å². The zero-order chi connectivity index (χ0) is 43.4. The maximum atomic E-state index is 2.68. The summed E-state index contributed by atoms with van der Waals surface area (Å²) in [6.07, 6.45) is 39.8. The first kappa shape index (κ1) is 37.5. The van der Waals surface area contributed by atoms with Crippen LogP contribution in [0.3, 0.4) is 0 Å². The van der Waals surface area contributed by atoms with Crippen LogP contribution in [0.4, 0.5) is 0 Å². The predicted octanol–water partition coefficient (Wildman–Crippen LogP) is 14.9. The normalized spacial score (nSPS) is 27.6.